The molecule has 0 N–H and O–H groups in total. The Morgan fingerprint density at radius 3 is 1.88 bits per heavy atom. The molecular formula is C12H14FeO4. The van der Waals surface area contributed by atoms with Gasteiger partial charge in [-0.15, -0.1) is 0 Å². The normalized spacial score (nSPS) is 18.6. The van der Waals surface area contributed by atoms with Crippen LogP contribution in [0.1, 0.15) is 20.3 Å². The molecule has 0 aromatic carbocycles. The standard InChI is InChI=1S/C9H14O.3CO.Fe/c1-3-10-9(2)7-5-4-6-8-9;3*1-2;/h4-7H,3,8H2,1-2H3;;;;/t9-;;;;/m1..../s1. The van der Waals surface area contributed by atoms with Crippen molar-refractivity contribution in [2.24, 2.45) is 0 Å². The second-order valence-corrected chi connectivity index (χ2v) is 2.74. The second kappa shape index (κ2) is 20.6. The van der Waals surface area contributed by atoms with Crippen LogP contribution in [0.4, 0.5) is 0 Å². The molecule has 0 heterocycles. The maximum atomic E-state index is 7.50. The summed E-state index contributed by atoms with van der Waals surface area (Å²) in [7, 11) is 0. The van der Waals surface area contributed by atoms with Gasteiger partial charge >= 0.3 is 33.9 Å². The van der Waals surface area contributed by atoms with Gasteiger partial charge in [-0.1, -0.05) is 24.3 Å². The van der Waals surface area contributed by atoms with Gasteiger partial charge in [0, 0.05) is 23.7 Å². The van der Waals surface area contributed by atoms with Crippen LogP contribution in [0, 0.1) is 20.0 Å². The molecule has 0 radical (unpaired) electrons. The van der Waals surface area contributed by atoms with Crippen LogP contribution in [0.3, 0.4) is 0 Å². The summed E-state index contributed by atoms with van der Waals surface area (Å²) in [5.41, 5.74) is -0.0382. The molecule has 0 saturated carbocycles. The van der Waals surface area contributed by atoms with Crippen LogP contribution in [0.25, 0.3) is 0 Å². The van der Waals surface area contributed by atoms with Crippen molar-refractivity contribution in [1.82, 2.24) is 0 Å². The zero-order valence-corrected chi connectivity index (χ0v) is 10.8. The van der Waals surface area contributed by atoms with Crippen molar-refractivity contribution in [3.05, 3.63) is 44.3 Å². The van der Waals surface area contributed by atoms with Gasteiger partial charge in [-0.3, -0.25) is 0 Å². The molecule has 1 atom stereocenters. The van der Waals surface area contributed by atoms with E-state index in [1.54, 1.807) is 0 Å². The molecule has 0 aliphatic heterocycles. The zero-order valence-electron chi connectivity index (χ0n) is 9.71. The fraction of sp³-hybridized carbons (Fsp3) is 0.417. The molecule has 1 aliphatic carbocycles. The summed E-state index contributed by atoms with van der Waals surface area (Å²) in [4.78, 5) is 0. The maximum absolute atomic E-state index is 7.50. The summed E-state index contributed by atoms with van der Waals surface area (Å²) in [6, 6.07) is 0. The molecule has 0 amide bonds. The minimum absolute atomic E-state index is 0. The van der Waals surface area contributed by atoms with Crippen LogP contribution in [0.15, 0.2) is 24.3 Å². The van der Waals surface area contributed by atoms with E-state index >= 15 is 0 Å². The summed E-state index contributed by atoms with van der Waals surface area (Å²) in [6.07, 6.45) is 9.34. The molecule has 4 nitrogen and oxygen atoms in total. The van der Waals surface area contributed by atoms with Gasteiger partial charge < -0.3 is 4.74 Å². The zero-order chi connectivity index (χ0) is 13.4. The van der Waals surface area contributed by atoms with E-state index in [4.69, 9.17) is 18.7 Å². The molecule has 0 spiro atoms. The van der Waals surface area contributed by atoms with E-state index in [0.717, 1.165) is 13.0 Å². The number of hydrogen-bond acceptors (Lipinski definition) is 1. The molecule has 0 aromatic rings. The van der Waals surface area contributed by atoms with Gasteiger partial charge in [0.05, 0.1) is 5.60 Å². The van der Waals surface area contributed by atoms with E-state index in [-0.39, 0.29) is 22.7 Å². The summed E-state index contributed by atoms with van der Waals surface area (Å²) in [5.74, 6) is 0. The predicted octanol–water partition coefficient (Wildman–Crippen LogP) is 2.18. The smallest absolute Gasteiger partial charge is 0 e. The molecule has 0 saturated heterocycles. The van der Waals surface area contributed by atoms with Crippen LogP contribution in [-0.4, -0.2) is 12.2 Å². The number of rotatable bonds is 2. The first-order valence-electron chi connectivity index (χ1n) is 4.36. The van der Waals surface area contributed by atoms with E-state index in [2.05, 4.69) is 45.1 Å². The molecule has 5 heteroatoms. The Morgan fingerprint density at radius 2 is 1.59 bits per heavy atom. The van der Waals surface area contributed by atoms with E-state index < -0.39 is 0 Å². The van der Waals surface area contributed by atoms with Gasteiger partial charge in [0.25, 0.3) is 0 Å². The summed E-state index contributed by atoms with van der Waals surface area (Å²) < 4.78 is 28.0. The average molecular weight is 278 g/mol. The topological polar surface area (TPSA) is 68.9 Å². The first-order valence-corrected chi connectivity index (χ1v) is 4.36. The van der Waals surface area contributed by atoms with E-state index in [0.29, 0.717) is 0 Å². The molecule has 1 aliphatic rings. The average Bonchev–Trinajstić information content (AvgIpc) is 2.37. The molecule has 17 heavy (non-hydrogen) atoms. The van der Waals surface area contributed by atoms with Crippen molar-refractivity contribution in [1.29, 1.82) is 0 Å². The Labute approximate surface area is 113 Å². The Morgan fingerprint density at radius 1 is 1.12 bits per heavy atom. The SMILES string of the molecule is CCO[C@]1(C)C=CC=CC1.[C-]#[O+].[C-]#[O+].[C-]#[O+].[Fe]. The Hall–Kier alpha value is -0.821. The summed E-state index contributed by atoms with van der Waals surface area (Å²) >= 11 is 0. The van der Waals surface area contributed by atoms with Crippen molar-refractivity contribution in [3.8, 4) is 0 Å². The van der Waals surface area contributed by atoms with Crippen molar-refractivity contribution in [2.45, 2.75) is 25.9 Å². The molecule has 1 rings (SSSR count). The Bertz CT molecular complexity index is 251. The maximum Gasteiger partial charge on any atom is 0 e. The van der Waals surface area contributed by atoms with Gasteiger partial charge in [-0.25, -0.2) is 0 Å². The van der Waals surface area contributed by atoms with Gasteiger partial charge in [-0.2, -0.15) is 0 Å². The molecule has 0 fully saturated rings. The summed E-state index contributed by atoms with van der Waals surface area (Å²) in [5, 5.41) is 0. The van der Waals surface area contributed by atoms with Gasteiger partial charge in [-0.05, 0) is 20.3 Å². The molecule has 0 unspecified atom stereocenters. The third-order valence-electron chi connectivity index (χ3n) is 1.69. The number of hydrogen-bond donors (Lipinski definition) is 0. The molecule has 0 bridgehead atoms. The predicted molar refractivity (Wildman–Crippen MR) is 54.7 cm³/mol. The van der Waals surface area contributed by atoms with Crippen molar-refractivity contribution in [2.75, 3.05) is 6.61 Å². The minimum atomic E-state index is -0.0382. The second-order valence-electron chi connectivity index (χ2n) is 2.74. The van der Waals surface area contributed by atoms with Crippen LogP contribution in [0.5, 0.6) is 0 Å². The van der Waals surface area contributed by atoms with Crippen LogP contribution < -0.4 is 0 Å². The van der Waals surface area contributed by atoms with Crippen molar-refractivity contribution < 1.29 is 35.8 Å². The third-order valence-corrected chi connectivity index (χ3v) is 1.69. The van der Waals surface area contributed by atoms with Gasteiger partial charge in [0.2, 0.25) is 0 Å². The molecule has 94 valence electrons. The fourth-order valence-corrected chi connectivity index (χ4v) is 1.14. The van der Waals surface area contributed by atoms with Crippen molar-refractivity contribution in [3.63, 3.8) is 0 Å². The largest absolute Gasteiger partial charge is 0 e. The van der Waals surface area contributed by atoms with Gasteiger partial charge in [0.15, 0.2) is 0 Å². The van der Waals surface area contributed by atoms with Crippen LogP contribution in [0.2, 0.25) is 0 Å². The first-order chi connectivity index (χ1) is 7.77. The van der Waals surface area contributed by atoms with E-state index in [1.165, 1.54) is 0 Å². The molecular weight excluding hydrogens is 264 g/mol. The van der Waals surface area contributed by atoms with Gasteiger partial charge in [0.1, 0.15) is 0 Å². The monoisotopic (exact) mass is 278 g/mol. The Balaban J connectivity index is -0.000000106. The third kappa shape index (κ3) is 15.2. The molecule has 0 aromatic heterocycles. The first kappa shape index (κ1) is 25.1. The fourth-order valence-electron chi connectivity index (χ4n) is 1.14. The summed E-state index contributed by atoms with van der Waals surface area (Å²) in [6.45, 7) is 18.4. The van der Waals surface area contributed by atoms with Crippen molar-refractivity contribution >= 4 is 0 Å². The minimum Gasteiger partial charge on any atom is 0 e. The van der Waals surface area contributed by atoms with Crippen LogP contribution in [-0.2, 0) is 35.8 Å². The quantitative estimate of drug-likeness (QED) is 0.433. The number of ether oxygens (including phenoxy) is 1. The Kier molecular flexibility index (Phi) is 30.4. The van der Waals surface area contributed by atoms with E-state index in [9.17, 15) is 0 Å². The number of allylic oxidation sites excluding steroid dienone is 2. The van der Waals surface area contributed by atoms with Crippen LogP contribution >= 0.6 is 0 Å². The van der Waals surface area contributed by atoms with E-state index in [1.807, 2.05) is 13.0 Å².